The fourth-order valence-corrected chi connectivity index (χ4v) is 7.53. The first kappa shape index (κ1) is 28.1. The van der Waals surface area contributed by atoms with E-state index < -0.39 is 0 Å². The van der Waals surface area contributed by atoms with E-state index in [-0.39, 0.29) is 12.0 Å². The Morgan fingerprint density at radius 3 is 2.38 bits per heavy atom. The van der Waals surface area contributed by atoms with Gasteiger partial charge >= 0.3 is 0 Å². The van der Waals surface area contributed by atoms with Gasteiger partial charge in [-0.15, -0.1) is 0 Å². The zero-order chi connectivity index (χ0) is 32.0. The number of rotatable bonds is 7. The van der Waals surface area contributed by atoms with Crippen molar-refractivity contribution in [2.24, 2.45) is 0 Å². The van der Waals surface area contributed by atoms with Crippen LogP contribution in [0.15, 0.2) is 158 Å². The van der Waals surface area contributed by atoms with Crippen LogP contribution in [0, 0.1) is 5.41 Å². The van der Waals surface area contributed by atoms with Crippen molar-refractivity contribution in [2.75, 3.05) is 16.9 Å². The van der Waals surface area contributed by atoms with E-state index in [1.807, 2.05) is 60.7 Å². The van der Waals surface area contributed by atoms with Gasteiger partial charge < -0.3 is 14.8 Å². The van der Waals surface area contributed by atoms with Gasteiger partial charge in [-0.05, 0) is 59.0 Å². The van der Waals surface area contributed by atoms with Crippen LogP contribution >= 0.6 is 0 Å². The molecular formula is C43H33N5. The predicted octanol–water partition coefficient (Wildman–Crippen LogP) is 9.53. The SMILES string of the molecule is N=C(c1ccc(-c2ccccn2)cc1)c1ccccc1NCN1c2c(ccc3ccccc23)C2c3ccn(-c4ccccc4)c3C=CC21. The van der Waals surface area contributed by atoms with Gasteiger partial charge in [0.15, 0.2) is 0 Å². The Hall–Kier alpha value is -6.20. The zero-order valence-electron chi connectivity index (χ0n) is 26.3. The maximum absolute atomic E-state index is 9.22. The summed E-state index contributed by atoms with van der Waals surface area (Å²) in [6, 6.07) is 48.5. The fraction of sp³-hybridized carbons (Fsp3) is 0.0698. The van der Waals surface area contributed by atoms with Crippen molar-refractivity contribution in [3.05, 3.63) is 186 Å². The van der Waals surface area contributed by atoms with E-state index in [0.717, 1.165) is 28.1 Å². The number of para-hydroxylation sites is 2. The van der Waals surface area contributed by atoms with Crippen molar-refractivity contribution in [3.8, 4) is 16.9 Å². The smallest absolute Gasteiger partial charge is 0.0883 e. The molecule has 0 fully saturated rings. The molecule has 9 rings (SSSR count). The number of nitrogens with zero attached hydrogens (tertiary/aromatic N) is 3. The topological polar surface area (TPSA) is 56.9 Å². The van der Waals surface area contributed by atoms with Gasteiger partial charge in [-0.25, -0.2) is 0 Å². The number of hydrogen-bond donors (Lipinski definition) is 2. The molecule has 48 heavy (non-hydrogen) atoms. The largest absolute Gasteiger partial charge is 0.367 e. The lowest BCUT2D eigenvalue weighted by Crippen LogP contribution is -2.38. The summed E-state index contributed by atoms with van der Waals surface area (Å²) < 4.78 is 2.30. The molecule has 7 aromatic rings. The lowest BCUT2D eigenvalue weighted by atomic mass is 9.83. The second-order valence-electron chi connectivity index (χ2n) is 12.4. The van der Waals surface area contributed by atoms with Gasteiger partial charge in [0.1, 0.15) is 0 Å². The Morgan fingerprint density at radius 2 is 1.52 bits per heavy atom. The van der Waals surface area contributed by atoms with Gasteiger partial charge in [-0.2, -0.15) is 0 Å². The number of fused-ring (bicyclic) bond motifs is 7. The molecule has 0 spiro atoms. The maximum Gasteiger partial charge on any atom is 0.0883 e. The van der Waals surface area contributed by atoms with Crippen LogP contribution in [0.25, 0.3) is 33.8 Å². The number of pyridine rings is 1. The van der Waals surface area contributed by atoms with E-state index in [1.165, 1.54) is 39.0 Å². The number of hydrogen-bond acceptors (Lipinski definition) is 4. The molecule has 3 heterocycles. The second kappa shape index (κ2) is 11.6. The first-order chi connectivity index (χ1) is 23.7. The summed E-state index contributed by atoms with van der Waals surface area (Å²) in [5.74, 6) is 0.211. The van der Waals surface area contributed by atoms with Crippen LogP contribution in [0.1, 0.15) is 33.9 Å². The summed E-state index contributed by atoms with van der Waals surface area (Å²) in [5, 5.41) is 15.5. The van der Waals surface area contributed by atoms with Crippen molar-refractivity contribution in [1.82, 2.24) is 9.55 Å². The summed E-state index contributed by atoms with van der Waals surface area (Å²) in [5.41, 5.74) is 11.5. The normalized spacial score (nSPS) is 16.0. The zero-order valence-corrected chi connectivity index (χ0v) is 26.3. The first-order valence-electron chi connectivity index (χ1n) is 16.4. The van der Waals surface area contributed by atoms with Crippen LogP contribution < -0.4 is 10.2 Å². The fourth-order valence-electron chi connectivity index (χ4n) is 7.53. The molecule has 0 amide bonds. The van der Waals surface area contributed by atoms with E-state index in [9.17, 15) is 5.41 Å². The molecule has 5 aromatic carbocycles. The minimum atomic E-state index is 0.156. The highest BCUT2D eigenvalue weighted by Crippen LogP contribution is 2.51. The molecule has 2 unspecified atom stereocenters. The lowest BCUT2D eigenvalue weighted by molar-refractivity contribution is 0.676. The molecule has 5 heteroatoms. The van der Waals surface area contributed by atoms with Crippen LogP contribution in [0.3, 0.4) is 0 Å². The highest BCUT2D eigenvalue weighted by atomic mass is 15.3. The molecule has 2 aliphatic rings. The maximum atomic E-state index is 9.22. The Kier molecular flexibility index (Phi) is 6.75. The Balaban J connectivity index is 1.06. The highest BCUT2D eigenvalue weighted by Gasteiger charge is 2.42. The number of nitrogens with one attached hydrogen (secondary N) is 2. The van der Waals surface area contributed by atoms with E-state index in [2.05, 4.69) is 117 Å². The van der Waals surface area contributed by atoms with Crippen LogP contribution in [0.5, 0.6) is 0 Å². The molecule has 2 N–H and O–H groups in total. The van der Waals surface area contributed by atoms with Gasteiger partial charge in [-0.3, -0.25) is 10.4 Å². The molecule has 230 valence electrons. The van der Waals surface area contributed by atoms with Gasteiger partial charge in [0, 0.05) is 57.5 Å². The number of aromatic nitrogens is 2. The minimum Gasteiger partial charge on any atom is -0.367 e. The van der Waals surface area contributed by atoms with Crippen LogP contribution in [0.4, 0.5) is 11.4 Å². The summed E-state index contributed by atoms with van der Waals surface area (Å²) in [7, 11) is 0. The van der Waals surface area contributed by atoms with Crippen LogP contribution in [0.2, 0.25) is 0 Å². The lowest BCUT2D eigenvalue weighted by Gasteiger charge is -2.32. The molecule has 1 aliphatic carbocycles. The van der Waals surface area contributed by atoms with Gasteiger partial charge in [-0.1, -0.05) is 109 Å². The first-order valence-corrected chi connectivity index (χ1v) is 16.4. The number of anilines is 2. The average Bonchev–Trinajstić information content (AvgIpc) is 3.74. The monoisotopic (exact) mass is 619 g/mol. The number of benzene rings is 5. The van der Waals surface area contributed by atoms with Crippen molar-refractivity contribution >= 4 is 33.9 Å². The molecule has 0 radical (unpaired) electrons. The van der Waals surface area contributed by atoms with Crippen molar-refractivity contribution < 1.29 is 0 Å². The van der Waals surface area contributed by atoms with Crippen molar-refractivity contribution in [1.29, 1.82) is 5.41 Å². The highest BCUT2D eigenvalue weighted by molar-refractivity contribution is 6.14. The van der Waals surface area contributed by atoms with E-state index in [1.54, 1.807) is 6.20 Å². The van der Waals surface area contributed by atoms with Gasteiger partial charge in [0.25, 0.3) is 0 Å². The van der Waals surface area contributed by atoms with Crippen molar-refractivity contribution in [3.63, 3.8) is 0 Å². The van der Waals surface area contributed by atoms with Crippen molar-refractivity contribution in [2.45, 2.75) is 12.0 Å². The van der Waals surface area contributed by atoms with Crippen LogP contribution in [-0.4, -0.2) is 28.0 Å². The van der Waals surface area contributed by atoms with E-state index >= 15 is 0 Å². The summed E-state index contributed by atoms with van der Waals surface area (Å²) in [6.45, 7) is 0.601. The Bertz CT molecular complexity index is 2320. The average molecular weight is 620 g/mol. The third kappa shape index (κ3) is 4.63. The molecule has 2 aromatic heterocycles. The van der Waals surface area contributed by atoms with E-state index in [0.29, 0.717) is 12.4 Å². The molecule has 2 atom stereocenters. The minimum absolute atomic E-state index is 0.156. The molecule has 0 saturated heterocycles. The van der Waals surface area contributed by atoms with Crippen LogP contribution in [-0.2, 0) is 0 Å². The van der Waals surface area contributed by atoms with E-state index in [4.69, 9.17) is 0 Å². The quantitative estimate of drug-likeness (QED) is 0.175. The standard InChI is InChI=1S/C43H33N5/c44-42(31-19-17-30(18-20-31)37-15-8-9-26-45-37)34-14-6-7-16-38(34)46-28-48-40-24-23-39-35(25-27-47(39)32-11-2-1-3-12-32)41(40)36-22-21-29-10-4-5-13-33(29)43(36)48/h1-27,40-41,44,46H,28H2. The molecular weight excluding hydrogens is 587 g/mol. The molecule has 0 bridgehead atoms. The summed E-state index contributed by atoms with van der Waals surface area (Å²) >= 11 is 0. The molecule has 0 saturated carbocycles. The summed E-state index contributed by atoms with van der Waals surface area (Å²) in [6.07, 6.45) is 8.68. The second-order valence-corrected chi connectivity index (χ2v) is 12.4. The van der Waals surface area contributed by atoms with Gasteiger partial charge in [0.2, 0.25) is 0 Å². The predicted molar refractivity (Wildman–Crippen MR) is 197 cm³/mol. The third-order valence-corrected chi connectivity index (χ3v) is 9.81. The Morgan fingerprint density at radius 1 is 0.729 bits per heavy atom. The third-order valence-electron chi connectivity index (χ3n) is 9.81. The molecule has 1 aliphatic heterocycles. The Labute approximate surface area is 280 Å². The summed E-state index contributed by atoms with van der Waals surface area (Å²) in [4.78, 5) is 6.99. The molecule has 5 nitrogen and oxygen atoms in total. The van der Waals surface area contributed by atoms with Gasteiger partial charge in [0.05, 0.1) is 29.8 Å².